The highest BCUT2D eigenvalue weighted by atomic mass is 32.2. The summed E-state index contributed by atoms with van der Waals surface area (Å²) in [5.41, 5.74) is 0.999. The van der Waals surface area contributed by atoms with Gasteiger partial charge in [0, 0.05) is 11.6 Å². The van der Waals surface area contributed by atoms with Gasteiger partial charge in [-0.1, -0.05) is 18.2 Å². The van der Waals surface area contributed by atoms with E-state index >= 15 is 0 Å². The van der Waals surface area contributed by atoms with E-state index in [9.17, 15) is 8.42 Å². The molecule has 0 bridgehead atoms. The molecule has 0 saturated heterocycles. The van der Waals surface area contributed by atoms with Crippen molar-refractivity contribution in [1.82, 2.24) is 8.96 Å². The number of benzene rings is 1. The van der Waals surface area contributed by atoms with Crippen LogP contribution in [-0.2, 0) is 16.6 Å². The quantitative estimate of drug-likeness (QED) is 0.797. The van der Waals surface area contributed by atoms with E-state index in [4.69, 9.17) is 5.11 Å². The molecule has 0 spiro atoms. The lowest BCUT2D eigenvalue weighted by Gasteiger charge is -2.07. The van der Waals surface area contributed by atoms with Crippen LogP contribution in [0.15, 0.2) is 59.8 Å². The smallest absolute Gasteiger partial charge is 0.268 e. The predicted octanol–water partition coefficient (Wildman–Crippen LogP) is 1.77. The molecule has 20 heavy (non-hydrogen) atoms. The van der Waals surface area contributed by atoms with Crippen LogP contribution in [0, 0.1) is 0 Å². The van der Waals surface area contributed by atoms with Gasteiger partial charge in [-0.2, -0.15) is 0 Å². The maximum absolute atomic E-state index is 12.5. The second kappa shape index (κ2) is 4.73. The van der Waals surface area contributed by atoms with E-state index < -0.39 is 10.0 Å². The molecule has 0 fully saturated rings. The Hall–Kier alpha value is -2.18. The van der Waals surface area contributed by atoms with Gasteiger partial charge in [-0.15, -0.1) is 0 Å². The molecular formula is C14H12N2O3S. The molecule has 2 aromatic heterocycles. The van der Waals surface area contributed by atoms with E-state index in [0.717, 1.165) is 5.39 Å². The van der Waals surface area contributed by atoms with Crippen molar-refractivity contribution in [2.75, 3.05) is 0 Å². The normalized spacial score (nSPS) is 11.8. The number of rotatable bonds is 3. The molecule has 0 atom stereocenters. The number of hydrogen-bond donors (Lipinski definition) is 1. The largest absolute Gasteiger partial charge is 0.390 e. The Bertz CT molecular complexity index is 855. The minimum Gasteiger partial charge on any atom is -0.390 e. The zero-order valence-electron chi connectivity index (χ0n) is 10.5. The molecule has 0 aliphatic rings. The summed E-state index contributed by atoms with van der Waals surface area (Å²) in [6.45, 7) is -0.174. The topological polar surface area (TPSA) is 72.2 Å². The van der Waals surface area contributed by atoms with Gasteiger partial charge in [0.1, 0.15) is 0 Å². The third-order valence-electron chi connectivity index (χ3n) is 3.06. The van der Waals surface area contributed by atoms with Gasteiger partial charge in [0.2, 0.25) is 0 Å². The molecule has 0 saturated carbocycles. The van der Waals surface area contributed by atoms with Crippen molar-refractivity contribution in [3.63, 3.8) is 0 Å². The Kier molecular flexibility index (Phi) is 3.04. The van der Waals surface area contributed by atoms with Crippen LogP contribution >= 0.6 is 0 Å². The van der Waals surface area contributed by atoms with E-state index in [2.05, 4.69) is 4.98 Å². The summed E-state index contributed by atoms with van der Waals surface area (Å²) >= 11 is 0. The first kappa shape index (κ1) is 12.8. The van der Waals surface area contributed by atoms with Crippen LogP contribution in [-0.4, -0.2) is 22.5 Å². The van der Waals surface area contributed by atoms with Crippen LogP contribution in [0.1, 0.15) is 5.69 Å². The molecule has 1 aromatic carbocycles. The first-order valence-electron chi connectivity index (χ1n) is 6.00. The van der Waals surface area contributed by atoms with Crippen molar-refractivity contribution in [3.8, 4) is 0 Å². The van der Waals surface area contributed by atoms with Crippen LogP contribution < -0.4 is 0 Å². The molecule has 2 heterocycles. The third-order valence-corrected chi connectivity index (χ3v) is 4.76. The number of pyridine rings is 1. The van der Waals surface area contributed by atoms with Gasteiger partial charge in [0.25, 0.3) is 10.0 Å². The maximum Gasteiger partial charge on any atom is 0.268 e. The minimum atomic E-state index is -3.63. The van der Waals surface area contributed by atoms with Gasteiger partial charge >= 0.3 is 0 Å². The minimum absolute atomic E-state index is 0.174. The molecule has 3 aromatic rings. The Balaban J connectivity index is 2.20. The number of nitrogens with zero attached hydrogens (tertiary/aromatic N) is 2. The van der Waals surface area contributed by atoms with Crippen molar-refractivity contribution in [3.05, 3.63) is 60.6 Å². The summed E-state index contributed by atoms with van der Waals surface area (Å²) in [4.78, 5) is 4.26. The highest BCUT2D eigenvalue weighted by Crippen LogP contribution is 2.22. The number of aliphatic hydroxyl groups excluding tert-OH is 1. The summed E-state index contributed by atoms with van der Waals surface area (Å²) < 4.78 is 26.3. The predicted molar refractivity (Wildman–Crippen MR) is 74.7 cm³/mol. The third kappa shape index (κ3) is 1.99. The van der Waals surface area contributed by atoms with E-state index in [1.807, 2.05) is 0 Å². The van der Waals surface area contributed by atoms with Gasteiger partial charge < -0.3 is 5.11 Å². The van der Waals surface area contributed by atoms with E-state index in [0.29, 0.717) is 11.2 Å². The zero-order valence-corrected chi connectivity index (χ0v) is 11.3. The summed E-state index contributed by atoms with van der Waals surface area (Å²) in [7, 11) is -3.63. The number of hydrogen-bond acceptors (Lipinski definition) is 4. The Morgan fingerprint density at radius 3 is 2.60 bits per heavy atom. The lowest BCUT2D eigenvalue weighted by Crippen LogP contribution is -2.11. The standard InChI is InChI=1S/C14H12N2O3S/c17-10-12-8-11-6-7-16(14(11)9-15-12)20(18,19)13-4-2-1-3-5-13/h1-9,17H,10H2. The summed E-state index contributed by atoms with van der Waals surface area (Å²) in [6, 6.07) is 11.6. The molecule has 3 rings (SSSR count). The fourth-order valence-electron chi connectivity index (χ4n) is 2.06. The zero-order chi connectivity index (χ0) is 14.2. The molecule has 0 amide bonds. The molecule has 0 radical (unpaired) electrons. The fourth-order valence-corrected chi connectivity index (χ4v) is 3.42. The Morgan fingerprint density at radius 1 is 1.15 bits per heavy atom. The molecule has 0 unspecified atom stereocenters. The average Bonchev–Trinajstić information content (AvgIpc) is 2.91. The van der Waals surface area contributed by atoms with Gasteiger partial charge in [0.15, 0.2) is 0 Å². The number of aromatic nitrogens is 2. The maximum atomic E-state index is 12.5. The molecule has 1 N–H and O–H groups in total. The highest BCUT2D eigenvalue weighted by molar-refractivity contribution is 7.90. The Labute approximate surface area is 116 Å². The van der Waals surface area contributed by atoms with Crippen molar-refractivity contribution >= 4 is 20.9 Å². The second-order valence-corrected chi connectivity index (χ2v) is 6.14. The first-order valence-corrected chi connectivity index (χ1v) is 7.44. The highest BCUT2D eigenvalue weighted by Gasteiger charge is 2.18. The molecule has 6 heteroatoms. The first-order chi connectivity index (χ1) is 9.63. The van der Waals surface area contributed by atoms with Crippen LogP contribution in [0.5, 0.6) is 0 Å². The van der Waals surface area contributed by atoms with Crippen molar-refractivity contribution < 1.29 is 13.5 Å². The molecular weight excluding hydrogens is 276 g/mol. The SMILES string of the molecule is O=S(=O)(c1ccccc1)n1ccc2cc(CO)ncc21. The summed E-state index contributed by atoms with van der Waals surface area (Å²) in [5, 5.41) is 9.78. The summed E-state index contributed by atoms with van der Waals surface area (Å²) in [6.07, 6.45) is 2.96. The van der Waals surface area contributed by atoms with Crippen LogP contribution in [0.3, 0.4) is 0 Å². The van der Waals surface area contributed by atoms with E-state index in [-0.39, 0.29) is 11.5 Å². The fraction of sp³-hybridized carbons (Fsp3) is 0.0714. The monoisotopic (exact) mass is 288 g/mol. The Morgan fingerprint density at radius 2 is 1.90 bits per heavy atom. The van der Waals surface area contributed by atoms with Crippen LogP contribution in [0.25, 0.3) is 10.9 Å². The average molecular weight is 288 g/mol. The summed E-state index contributed by atoms with van der Waals surface area (Å²) in [5.74, 6) is 0. The molecule has 0 aliphatic carbocycles. The van der Waals surface area contributed by atoms with Gasteiger partial charge in [-0.05, 0) is 24.3 Å². The molecule has 5 nitrogen and oxygen atoms in total. The van der Waals surface area contributed by atoms with Crippen LogP contribution in [0.2, 0.25) is 0 Å². The van der Waals surface area contributed by atoms with Crippen LogP contribution in [0.4, 0.5) is 0 Å². The van der Waals surface area contributed by atoms with Gasteiger partial charge in [0.05, 0.1) is 28.9 Å². The molecule has 102 valence electrons. The van der Waals surface area contributed by atoms with E-state index in [1.54, 1.807) is 42.5 Å². The lowest BCUT2D eigenvalue weighted by atomic mass is 10.3. The number of aliphatic hydroxyl groups is 1. The molecule has 0 aliphatic heterocycles. The van der Waals surface area contributed by atoms with Crippen molar-refractivity contribution in [2.45, 2.75) is 11.5 Å². The van der Waals surface area contributed by atoms with E-state index in [1.165, 1.54) is 16.4 Å². The van der Waals surface area contributed by atoms with Gasteiger partial charge in [-0.25, -0.2) is 12.4 Å². The van der Waals surface area contributed by atoms with Gasteiger partial charge in [-0.3, -0.25) is 4.98 Å². The lowest BCUT2D eigenvalue weighted by molar-refractivity contribution is 0.277. The van der Waals surface area contributed by atoms with Crippen molar-refractivity contribution in [2.24, 2.45) is 0 Å². The number of fused-ring (bicyclic) bond motifs is 1. The van der Waals surface area contributed by atoms with Crippen molar-refractivity contribution in [1.29, 1.82) is 0 Å². The second-order valence-electron chi connectivity index (χ2n) is 4.32.